The normalized spacial score (nSPS) is 14.3. The molecule has 2 unspecified atom stereocenters. The van der Waals surface area contributed by atoms with Crippen molar-refractivity contribution in [1.82, 2.24) is 4.98 Å². The molecule has 0 radical (unpaired) electrons. The van der Waals surface area contributed by atoms with E-state index in [9.17, 15) is 5.11 Å². The topological polar surface area (TPSA) is 33.1 Å². The van der Waals surface area contributed by atoms with Gasteiger partial charge in [0.1, 0.15) is 0 Å². The first-order valence-electron chi connectivity index (χ1n) is 5.53. The van der Waals surface area contributed by atoms with Gasteiger partial charge in [-0.15, -0.1) is 0 Å². The maximum Gasteiger partial charge on any atom is 0.0870 e. The molecule has 2 aromatic rings. The Kier molecular flexibility index (Phi) is 4.12. The van der Waals surface area contributed by atoms with Crippen LogP contribution in [0.1, 0.15) is 30.2 Å². The average molecular weight is 339 g/mol. The van der Waals surface area contributed by atoms with E-state index in [0.29, 0.717) is 0 Å². The Morgan fingerprint density at radius 2 is 1.82 bits per heavy atom. The zero-order chi connectivity index (χ0) is 12.3. The lowest BCUT2D eigenvalue weighted by Gasteiger charge is -2.18. The second kappa shape index (κ2) is 5.60. The summed E-state index contributed by atoms with van der Waals surface area (Å²) in [6.45, 7) is 1.99. The first-order chi connectivity index (χ1) is 8.18. The third kappa shape index (κ3) is 3.04. The molecule has 2 rings (SSSR count). The molecule has 0 aliphatic heterocycles. The number of benzene rings is 1. The molecule has 17 heavy (non-hydrogen) atoms. The zero-order valence-electron chi connectivity index (χ0n) is 9.55. The second-order valence-electron chi connectivity index (χ2n) is 4.04. The lowest BCUT2D eigenvalue weighted by molar-refractivity contribution is 0.150. The highest BCUT2D eigenvalue weighted by atomic mass is 127. The van der Waals surface area contributed by atoms with Crippen molar-refractivity contribution < 1.29 is 5.11 Å². The van der Waals surface area contributed by atoms with Crippen molar-refractivity contribution in [2.45, 2.75) is 18.9 Å². The molecule has 3 heteroatoms. The van der Waals surface area contributed by atoms with Crippen LogP contribution in [0.15, 0.2) is 48.7 Å². The van der Waals surface area contributed by atoms with Crippen LogP contribution in [0, 0.1) is 3.57 Å². The molecule has 1 heterocycles. The van der Waals surface area contributed by atoms with Crippen molar-refractivity contribution in [1.29, 1.82) is 0 Å². The molecule has 0 bridgehead atoms. The number of hydrogen-bond acceptors (Lipinski definition) is 2. The highest BCUT2D eigenvalue weighted by Crippen LogP contribution is 2.29. The van der Waals surface area contributed by atoms with Crippen molar-refractivity contribution in [3.8, 4) is 0 Å². The van der Waals surface area contributed by atoms with Crippen molar-refractivity contribution in [2.75, 3.05) is 0 Å². The maximum atomic E-state index is 10.3. The summed E-state index contributed by atoms with van der Waals surface area (Å²) in [6, 6.07) is 13.7. The van der Waals surface area contributed by atoms with Gasteiger partial charge < -0.3 is 5.11 Å². The van der Waals surface area contributed by atoms with Gasteiger partial charge in [-0.2, -0.15) is 0 Å². The van der Waals surface area contributed by atoms with Crippen molar-refractivity contribution >= 4 is 22.6 Å². The third-order valence-corrected chi connectivity index (χ3v) is 3.56. The van der Waals surface area contributed by atoms with Gasteiger partial charge in [0, 0.05) is 21.4 Å². The fourth-order valence-electron chi connectivity index (χ4n) is 1.76. The van der Waals surface area contributed by atoms with Crippen LogP contribution in [0.3, 0.4) is 0 Å². The molecule has 0 spiro atoms. The first kappa shape index (κ1) is 12.5. The Bertz CT molecular complexity index is 469. The summed E-state index contributed by atoms with van der Waals surface area (Å²) in [7, 11) is 0. The molecular weight excluding hydrogens is 325 g/mol. The Morgan fingerprint density at radius 1 is 1.12 bits per heavy atom. The fourth-order valence-corrected chi connectivity index (χ4v) is 2.12. The number of aliphatic hydroxyl groups is 1. The van der Waals surface area contributed by atoms with Gasteiger partial charge >= 0.3 is 0 Å². The molecule has 88 valence electrons. The SMILES string of the molecule is CC(c1ccccn1)C(O)c1ccc(I)cc1. The Hall–Kier alpha value is -0.940. The monoisotopic (exact) mass is 339 g/mol. The lowest BCUT2D eigenvalue weighted by Crippen LogP contribution is -2.09. The summed E-state index contributed by atoms with van der Waals surface area (Å²) in [5.74, 6) is -0.00346. The van der Waals surface area contributed by atoms with E-state index in [-0.39, 0.29) is 5.92 Å². The van der Waals surface area contributed by atoms with Gasteiger partial charge in [0.25, 0.3) is 0 Å². The van der Waals surface area contributed by atoms with Crippen LogP contribution in [0.2, 0.25) is 0 Å². The van der Waals surface area contributed by atoms with Gasteiger partial charge in [-0.05, 0) is 52.4 Å². The lowest BCUT2D eigenvalue weighted by atomic mass is 9.94. The summed E-state index contributed by atoms with van der Waals surface area (Å²) in [5.41, 5.74) is 1.85. The van der Waals surface area contributed by atoms with Crippen LogP contribution < -0.4 is 0 Å². The highest BCUT2D eigenvalue weighted by molar-refractivity contribution is 14.1. The van der Waals surface area contributed by atoms with Crippen LogP contribution >= 0.6 is 22.6 Å². The minimum atomic E-state index is -0.512. The molecule has 0 aliphatic rings. The van der Waals surface area contributed by atoms with E-state index in [0.717, 1.165) is 11.3 Å². The molecule has 0 fully saturated rings. The van der Waals surface area contributed by atoms with Gasteiger partial charge in [-0.25, -0.2) is 0 Å². The van der Waals surface area contributed by atoms with Gasteiger partial charge in [-0.3, -0.25) is 4.98 Å². The minimum Gasteiger partial charge on any atom is -0.388 e. The number of rotatable bonds is 3. The van der Waals surface area contributed by atoms with E-state index in [1.807, 2.05) is 49.4 Å². The summed E-state index contributed by atoms with van der Waals surface area (Å²) in [6.07, 6.45) is 1.24. The number of nitrogens with zero attached hydrogens (tertiary/aromatic N) is 1. The second-order valence-corrected chi connectivity index (χ2v) is 5.29. The predicted octanol–water partition coefficient (Wildman–Crippen LogP) is 3.52. The first-order valence-corrected chi connectivity index (χ1v) is 6.61. The zero-order valence-corrected chi connectivity index (χ0v) is 11.7. The molecule has 1 aromatic carbocycles. The number of aromatic nitrogens is 1. The van der Waals surface area contributed by atoms with Crippen LogP contribution in [0.5, 0.6) is 0 Å². The molecule has 0 aliphatic carbocycles. The van der Waals surface area contributed by atoms with Crippen molar-refractivity contribution in [2.24, 2.45) is 0 Å². The van der Waals surface area contributed by atoms with Gasteiger partial charge in [0.2, 0.25) is 0 Å². The largest absolute Gasteiger partial charge is 0.388 e. The molecule has 1 aromatic heterocycles. The Labute approximate surface area is 115 Å². The average Bonchev–Trinajstić information content (AvgIpc) is 2.39. The van der Waals surface area contributed by atoms with Crippen LogP contribution in [-0.2, 0) is 0 Å². The van der Waals surface area contributed by atoms with Crippen LogP contribution in [-0.4, -0.2) is 10.1 Å². The number of hydrogen-bond donors (Lipinski definition) is 1. The third-order valence-electron chi connectivity index (χ3n) is 2.84. The van der Waals surface area contributed by atoms with Crippen LogP contribution in [0.4, 0.5) is 0 Å². The van der Waals surface area contributed by atoms with E-state index in [1.54, 1.807) is 6.20 Å². The molecule has 0 saturated heterocycles. The Morgan fingerprint density at radius 3 is 2.41 bits per heavy atom. The summed E-state index contributed by atoms with van der Waals surface area (Å²) in [4.78, 5) is 4.28. The molecule has 0 amide bonds. The summed E-state index contributed by atoms with van der Waals surface area (Å²) < 4.78 is 1.17. The van der Waals surface area contributed by atoms with E-state index < -0.39 is 6.10 Å². The van der Waals surface area contributed by atoms with E-state index >= 15 is 0 Å². The quantitative estimate of drug-likeness (QED) is 0.868. The standard InChI is InChI=1S/C14H14INO/c1-10(13-4-2-3-9-16-13)14(17)11-5-7-12(15)8-6-11/h2-10,14,17H,1H3. The molecule has 1 N–H and O–H groups in total. The maximum absolute atomic E-state index is 10.3. The van der Waals surface area contributed by atoms with Gasteiger partial charge in [0.05, 0.1) is 6.10 Å². The Balaban J connectivity index is 2.20. The van der Waals surface area contributed by atoms with Crippen LogP contribution in [0.25, 0.3) is 0 Å². The number of halogens is 1. The van der Waals surface area contributed by atoms with Gasteiger partial charge in [-0.1, -0.05) is 25.1 Å². The highest BCUT2D eigenvalue weighted by Gasteiger charge is 2.18. The smallest absolute Gasteiger partial charge is 0.0870 e. The number of aliphatic hydroxyl groups excluding tert-OH is 1. The van der Waals surface area contributed by atoms with E-state index in [2.05, 4.69) is 27.6 Å². The minimum absolute atomic E-state index is 0.00346. The molecule has 2 atom stereocenters. The van der Waals surface area contributed by atoms with E-state index in [4.69, 9.17) is 0 Å². The molecule has 2 nitrogen and oxygen atoms in total. The van der Waals surface area contributed by atoms with Crippen molar-refractivity contribution in [3.63, 3.8) is 0 Å². The number of pyridine rings is 1. The summed E-state index contributed by atoms with van der Waals surface area (Å²) in [5, 5.41) is 10.3. The summed E-state index contributed by atoms with van der Waals surface area (Å²) >= 11 is 2.25. The van der Waals surface area contributed by atoms with Gasteiger partial charge in [0.15, 0.2) is 0 Å². The fraction of sp³-hybridized carbons (Fsp3) is 0.214. The predicted molar refractivity (Wildman–Crippen MR) is 76.8 cm³/mol. The molecular formula is C14H14INO. The van der Waals surface area contributed by atoms with Crippen molar-refractivity contribution in [3.05, 3.63) is 63.5 Å². The van der Waals surface area contributed by atoms with E-state index in [1.165, 1.54) is 3.57 Å². The molecule has 0 saturated carbocycles.